The quantitative estimate of drug-likeness (QED) is 0.139. The SMILES string of the molecule is O=C1C(=O)N(c2nc3ccccc3[nH]2)C(c2ccc(O)cc2)/C1=C(\O)c1cccc([N+](=O)[O-])c1. The van der Waals surface area contributed by atoms with Gasteiger partial charge in [0.15, 0.2) is 0 Å². The molecule has 1 atom stereocenters. The Balaban J connectivity index is 1.73. The van der Waals surface area contributed by atoms with E-state index in [1.165, 1.54) is 42.5 Å². The number of nitrogens with zero attached hydrogens (tertiary/aromatic N) is 3. The van der Waals surface area contributed by atoms with Crippen molar-refractivity contribution in [1.29, 1.82) is 0 Å². The molecule has 1 aromatic heterocycles. The van der Waals surface area contributed by atoms with E-state index < -0.39 is 28.4 Å². The monoisotopic (exact) mass is 456 g/mol. The van der Waals surface area contributed by atoms with E-state index in [2.05, 4.69) is 9.97 Å². The molecule has 1 saturated heterocycles. The van der Waals surface area contributed by atoms with Crippen LogP contribution < -0.4 is 4.90 Å². The Kier molecular flexibility index (Phi) is 4.82. The number of hydrogen-bond acceptors (Lipinski definition) is 7. The number of phenolic OH excluding ortho intramolecular Hbond substituents is 1. The van der Waals surface area contributed by atoms with E-state index >= 15 is 0 Å². The fraction of sp³-hybridized carbons (Fsp3) is 0.0417. The van der Waals surface area contributed by atoms with E-state index in [0.717, 1.165) is 11.0 Å². The maximum atomic E-state index is 13.2. The van der Waals surface area contributed by atoms with Crippen molar-refractivity contribution in [3.8, 4) is 5.75 Å². The number of H-pyrrole nitrogens is 1. The van der Waals surface area contributed by atoms with Gasteiger partial charge >= 0.3 is 5.91 Å². The lowest BCUT2D eigenvalue weighted by atomic mass is 9.95. The van der Waals surface area contributed by atoms with Crippen LogP contribution >= 0.6 is 0 Å². The van der Waals surface area contributed by atoms with Gasteiger partial charge in [0.1, 0.15) is 11.5 Å². The van der Waals surface area contributed by atoms with Gasteiger partial charge in [-0.25, -0.2) is 4.98 Å². The van der Waals surface area contributed by atoms with E-state index in [1.807, 2.05) is 0 Å². The van der Waals surface area contributed by atoms with E-state index in [-0.39, 0.29) is 28.5 Å². The highest BCUT2D eigenvalue weighted by atomic mass is 16.6. The second kappa shape index (κ2) is 7.85. The molecule has 1 aliphatic rings. The summed E-state index contributed by atoms with van der Waals surface area (Å²) >= 11 is 0. The summed E-state index contributed by atoms with van der Waals surface area (Å²) in [6, 6.07) is 16.9. The molecule has 168 valence electrons. The van der Waals surface area contributed by atoms with Gasteiger partial charge in [-0.05, 0) is 29.8 Å². The minimum absolute atomic E-state index is 0.0144. The Bertz CT molecular complexity index is 1470. The number of aliphatic hydroxyl groups is 1. The second-order valence-electron chi connectivity index (χ2n) is 7.65. The number of para-hydroxylation sites is 2. The number of carbonyl (C=O) groups excluding carboxylic acids is 2. The average Bonchev–Trinajstić information content (AvgIpc) is 3.38. The zero-order valence-electron chi connectivity index (χ0n) is 17.4. The minimum atomic E-state index is -1.10. The largest absolute Gasteiger partial charge is 0.508 e. The number of non-ortho nitro benzene ring substituents is 1. The number of phenols is 1. The Hall–Kier alpha value is -4.99. The number of aromatic hydroxyl groups is 1. The number of rotatable bonds is 4. The number of amides is 1. The zero-order chi connectivity index (χ0) is 24.0. The molecule has 1 fully saturated rings. The summed E-state index contributed by atoms with van der Waals surface area (Å²) in [5.74, 6) is -2.38. The molecule has 34 heavy (non-hydrogen) atoms. The maximum absolute atomic E-state index is 13.2. The van der Waals surface area contributed by atoms with Crippen molar-refractivity contribution in [3.05, 3.63) is 99.6 Å². The van der Waals surface area contributed by atoms with Crippen LogP contribution in [0.5, 0.6) is 5.75 Å². The van der Waals surface area contributed by atoms with Crippen molar-refractivity contribution in [3.63, 3.8) is 0 Å². The molecule has 3 N–H and O–H groups in total. The lowest BCUT2D eigenvalue weighted by Gasteiger charge is -2.23. The highest BCUT2D eigenvalue weighted by Crippen LogP contribution is 2.42. The van der Waals surface area contributed by atoms with Crippen LogP contribution in [0.15, 0.2) is 78.4 Å². The van der Waals surface area contributed by atoms with Crippen LogP contribution in [-0.2, 0) is 9.59 Å². The predicted molar refractivity (Wildman–Crippen MR) is 122 cm³/mol. The molecule has 4 aromatic rings. The minimum Gasteiger partial charge on any atom is -0.508 e. The number of aromatic amines is 1. The van der Waals surface area contributed by atoms with Gasteiger partial charge in [-0.15, -0.1) is 0 Å². The third kappa shape index (κ3) is 3.34. The summed E-state index contributed by atoms with van der Waals surface area (Å²) < 4.78 is 0. The van der Waals surface area contributed by atoms with Crippen molar-refractivity contribution >= 4 is 40.1 Å². The van der Waals surface area contributed by atoms with E-state index in [1.54, 1.807) is 24.3 Å². The number of anilines is 1. The summed E-state index contributed by atoms with van der Waals surface area (Å²) in [6.45, 7) is 0. The topological polar surface area (TPSA) is 150 Å². The lowest BCUT2D eigenvalue weighted by molar-refractivity contribution is -0.384. The van der Waals surface area contributed by atoms with Gasteiger partial charge in [-0.3, -0.25) is 24.6 Å². The Morgan fingerprint density at radius 1 is 1.03 bits per heavy atom. The number of aromatic nitrogens is 2. The standard InChI is InChI=1S/C24H16N4O6/c29-16-10-8-13(9-11-16)20-19(21(30)14-4-3-5-15(12-14)28(33)34)22(31)23(32)27(20)24-25-17-6-1-2-7-18(17)26-24/h1-12,20,29-30H,(H,25,26)/b21-19+. The molecule has 1 amide bonds. The Morgan fingerprint density at radius 2 is 1.76 bits per heavy atom. The lowest BCUT2D eigenvalue weighted by Crippen LogP contribution is -2.30. The molecular weight excluding hydrogens is 440 g/mol. The highest BCUT2D eigenvalue weighted by Gasteiger charge is 2.48. The van der Waals surface area contributed by atoms with Crippen molar-refractivity contribution in [2.75, 3.05) is 4.90 Å². The van der Waals surface area contributed by atoms with Crippen LogP contribution in [0.1, 0.15) is 17.2 Å². The molecule has 0 aliphatic carbocycles. The molecule has 10 heteroatoms. The van der Waals surface area contributed by atoms with Gasteiger partial charge in [-0.1, -0.05) is 36.4 Å². The molecule has 5 rings (SSSR count). The number of carbonyl (C=O) groups is 2. The first-order valence-corrected chi connectivity index (χ1v) is 10.1. The van der Waals surface area contributed by atoms with E-state index in [0.29, 0.717) is 16.6 Å². The van der Waals surface area contributed by atoms with Crippen LogP contribution in [0.4, 0.5) is 11.6 Å². The highest BCUT2D eigenvalue weighted by molar-refractivity contribution is 6.51. The number of nitro groups is 1. The van der Waals surface area contributed by atoms with E-state index in [9.17, 15) is 29.9 Å². The third-order valence-electron chi connectivity index (χ3n) is 5.59. The number of nitrogens with one attached hydrogen (secondary N) is 1. The summed E-state index contributed by atoms with van der Waals surface area (Å²) in [6.07, 6.45) is 0. The number of fused-ring (bicyclic) bond motifs is 1. The molecule has 1 unspecified atom stereocenters. The predicted octanol–water partition coefficient (Wildman–Crippen LogP) is 3.80. The van der Waals surface area contributed by atoms with Crippen molar-refractivity contribution < 1.29 is 24.7 Å². The molecule has 0 spiro atoms. The fourth-order valence-corrected chi connectivity index (χ4v) is 4.00. The molecule has 2 heterocycles. The van der Waals surface area contributed by atoms with Crippen molar-refractivity contribution in [1.82, 2.24) is 9.97 Å². The van der Waals surface area contributed by atoms with Crippen molar-refractivity contribution in [2.24, 2.45) is 0 Å². The Labute approximate surface area is 191 Å². The molecule has 0 radical (unpaired) electrons. The van der Waals surface area contributed by atoms with E-state index in [4.69, 9.17) is 0 Å². The average molecular weight is 456 g/mol. The van der Waals surface area contributed by atoms with Gasteiger partial charge < -0.3 is 15.2 Å². The fourth-order valence-electron chi connectivity index (χ4n) is 4.00. The molecule has 0 bridgehead atoms. The van der Waals surface area contributed by atoms with Gasteiger partial charge in [0, 0.05) is 17.7 Å². The Morgan fingerprint density at radius 3 is 2.47 bits per heavy atom. The van der Waals surface area contributed by atoms with Gasteiger partial charge in [0.05, 0.1) is 27.6 Å². The first kappa shape index (κ1) is 20.9. The maximum Gasteiger partial charge on any atom is 0.302 e. The molecular formula is C24H16N4O6. The molecule has 0 saturated carbocycles. The van der Waals surface area contributed by atoms with Crippen LogP contribution in [-0.4, -0.2) is 36.8 Å². The van der Waals surface area contributed by atoms with Gasteiger partial charge in [0.2, 0.25) is 5.95 Å². The van der Waals surface area contributed by atoms with Crippen LogP contribution in [0.3, 0.4) is 0 Å². The number of imidazole rings is 1. The second-order valence-corrected chi connectivity index (χ2v) is 7.65. The van der Waals surface area contributed by atoms with Gasteiger partial charge in [-0.2, -0.15) is 0 Å². The summed E-state index contributed by atoms with van der Waals surface area (Å²) in [5, 5.41) is 32.0. The van der Waals surface area contributed by atoms with Gasteiger partial charge in [0.25, 0.3) is 11.5 Å². The summed E-state index contributed by atoms with van der Waals surface area (Å²) in [5.41, 5.74) is 1.11. The zero-order valence-corrected chi connectivity index (χ0v) is 17.4. The number of hydrogen-bond donors (Lipinski definition) is 3. The summed E-state index contributed by atoms with van der Waals surface area (Å²) in [4.78, 5) is 45.5. The van der Waals surface area contributed by atoms with Crippen LogP contribution in [0.25, 0.3) is 16.8 Å². The normalized spacial score (nSPS) is 17.4. The smallest absolute Gasteiger partial charge is 0.302 e. The molecule has 1 aliphatic heterocycles. The first-order valence-electron chi connectivity index (χ1n) is 10.1. The molecule has 3 aromatic carbocycles. The third-order valence-corrected chi connectivity index (χ3v) is 5.59. The number of aliphatic hydroxyl groups excluding tert-OH is 1. The molecule has 10 nitrogen and oxygen atoms in total. The number of benzene rings is 3. The van der Waals surface area contributed by atoms with Crippen LogP contribution in [0, 0.1) is 10.1 Å². The van der Waals surface area contributed by atoms with Crippen LogP contribution in [0.2, 0.25) is 0 Å². The first-order chi connectivity index (χ1) is 16.3. The number of Topliss-reactive ketones (excluding diaryl/α,β-unsaturated/α-hetero) is 1. The number of nitro benzene ring substituents is 1. The summed E-state index contributed by atoms with van der Waals surface area (Å²) in [7, 11) is 0. The number of ketones is 1. The van der Waals surface area contributed by atoms with Crippen molar-refractivity contribution in [2.45, 2.75) is 6.04 Å².